The normalized spacial score (nSPS) is 11.6. The van der Waals surface area contributed by atoms with Crippen molar-refractivity contribution in [1.29, 1.82) is 0 Å². The Hall–Kier alpha value is -2.62. The Morgan fingerprint density at radius 1 is 0.815 bits per heavy atom. The number of aromatic nitrogens is 2. The zero-order chi connectivity index (χ0) is 19.9. The summed E-state index contributed by atoms with van der Waals surface area (Å²) in [4.78, 5) is 0. The lowest BCUT2D eigenvalue weighted by Crippen LogP contribution is -2.11. The molecule has 0 amide bonds. The maximum Gasteiger partial charge on any atom is 0.200 e. The van der Waals surface area contributed by atoms with Crippen molar-refractivity contribution in [1.82, 2.24) is 9.78 Å². The van der Waals surface area contributed by atoms with Gasteiger partial charge in [-0.2, -0.15) is 10.2 Å². The third kappa shape index (κ3) is 3.36. The monoisotopic (exact) mass is 444 g/mol. The number of hydrogen-bond acceptors (Lipinski definition) is 3. The number of halogens is 6. The molecule has 0 saturated carbocycles. The van der Waals surface area contributed by atoms with E-state index in [1.807, 2.05) is 0 Å². The first kappa shape index (κ1) is 19.2. The molecule has 0 N–H and O–H groups in total. The molecule has 140 valence electrons. The fourth-order valence-electron chi connectivity index (χ4n) is 2.39. The van der Waals surface area contributed by atoms with Crippen molar-refractivity contribution in [2.24, 2.45) is 10.2 Å². The van der Waals surface area contributed by atoms with E-state index in [0.717, 1.165) is 4.47 Å². The summed E-state index contributed by atoms with van der Waals surface area (Å²) >= 11 is 3.28. The summed E-state index contributed by atoms with van der Waals surface area (Å²) in [5.74, 6) is -10.3. The number of azo groups is 1. The lowest BCUT2D eigenvalue weighted by atomic mass is 10.2. The summed E-state index contributed by atoms with van der Waals surface area (Å²) in [7, 11) is 0. The fraction of sp³-hybridized carbons (Fsp3) is 0.118. The summed E-state index contributed by atoms with van der Waals surface area (Å²) in [5, 5.41) is 11.8. The van der Waals surface area contributed by atoms with Crippen molar-refractivity contribution in [3.63, 3.8) is 0 Å². The van der Waals surface area contributed by atoms with Crippen LogP contribution in [0.15, 0.2) is 39.0 Å². The molecule has 0 aliphatic carbocycles. The number of rotatable bonds is 3. The maximum atomic E-state index is 14.1. The van der Waals surface area contributed by atoms with E-state index in [-0.39, 0.29) is 17.1 Å². The topological polar surface area (TPSA) is 42.5 Å². The van der Waals surface area contributed by atoms with Crippen LogP contribution in [0, 0.1) is 42.9 Å². The second kappa shape index (κ2) is 7.18. The highest BCUT2D eigenvalue weighted by Gasteiger charge is 2.29. The van der Waals surface area contributed by atoms with Crippen LogP contribution in [0.5, 0.6) is 0 Å². The van der Waals surface area contributed by atoms with Crippen molar-refractivity contribution in [2.75, 3.05) is 0 Å². The van der Waals surface area contributed by atoms with Crippen molar-refractivity contribution < 1.29 is 22.0 Å². The Morgan fingerprint density at radius 2 is 1.33 bits per heavy atom. The SMILES string of the molecule is Cc1nn(-c2c(F)c(F)c(F)c(F)c2F)c(C)c1N=Nc1ccc(Br)cc1. The molecule has 2 aromatic carbocycles. The Morgan fingerprint density at radius 3 is 1.89 bits per heavy atom. The number of hydrogen-bond donors (Lipinski definition) is 0. The van der Waals surface area contributed by atoms with E-state index in [4.69, 9.17) is 0 Å². The molecule has 0 atom stereocenters. The Kier molecular flexibility index (Phi) is 5.09. The van der Waals surface area contributed by atoms with E-state index >= 15 is 0 Å². The van der Waals surface area contributed by atoms with Crippen LogP contribution in [0.25, 0.3) is 5.69 Å². The molecular formula is C17H10BrF5N4. The molecular weight excluding hydrogens is 435 g/mol. The number of benzene rings is 2. The average molecular weight is 445 g/mol. The molecule has 0 aliphatic heterocycles. The van der Waals surface area contributed by atoms with Crippen molar-refractivity contribution in [3.05, 3.63) is 69.2 Å². The highest BCUT2D eigenvalue weighted by atomic mass is 79.9. The van der Waals surface area contributed by atoms with Crippen LogP contribution in [0.4, 0.5) is 33.3 Å². The molecule has 0 fully saturated rings. The van der Waals surface area contributed by atoms with E-state index < -0.39 is 34.8 Å². The molecule has 0 unspecified atom stereocenters. The summed E-state index contributed by atoms with van der Waals surface area (Å²) in [6.45, 7) is 2.86. The van der Waals surface area contributed by atoms with Gasteiger partial charge in [-0.15, -0.1) is 5.11 Å². The first-order valence-corrected chi connectivity index (χ1v) is 8.27. The molecule has 0 radical (unpaired) electrons. The van der Waals surface area contributed by atoms with Crippen molar-refractivity contribution in [2.45, 2.75) is 13.8 Å². The molecule has 1 heterocycles. The minimum absolute atomic E-state index is 0.0663. The Bertz CT molecular complexity index is 1030. The first-order chi connectivity index (χ1) is 12.7. The van der Waals surface area contributed by atoms with Crippen LogP contribution in [-0.2, 0) is 0 Å². The predicted molar refractivity (Wildman–Crippen MR) is 91.1 cm³/mol. The highest BCUT2D eigenvalue weighted by molar-refractivity contribution is 9.10. The average Bonchev–Trinajstić information content (AvgIpc) is 2.92. The van der Waals surface area contributed by atoms with Gasteiger partial charge in [-0.25, -0.2) is 26.6 Å². The maximum absolute atomic E-state index is 14.1. The third-order valence-electron chi connectivity index (χ3n) is 3.74. The van der Waals surface area contributed by atoms with E-state index in [2.05, 4.69) is 31.3 Å². The molecule has 27 heavy (non-hydrogen) atoms. The smallest absolute Gasteiger partial charge is 0.200 e. The van der Waals surface area contributed by atoms with Crippen LogP contribution in [0.3, 0.4) is 0 Å². The predicted octanol–water partition coefficient (Wildman–Crippen LogP) is 6.36. The van der Waals surface area contributed by atoms with E-state index in [1.54, 1.807) is 24.3 Å². The van der Waals surface area contributed by atoms with E-state index in [9.17, 15) is 22.0 Å². The molecule has 0 saturated heterocycles. The second-order valence-corrected chi connectivity index (χ2v) is 6.44. The second-order valence-electron chi connectivity index (χ2n) is 5.53. The molecule has 0 spiro atoms. The van der Waals surface area contributed by atoms with Crippen molar-refractivity contribution >= 4 is 27.3 Å². The summed E-state index contributed by atoms with van der Waals surface area (Å²) in [6, 6.07) is 6.83. The lowest BCUT2D eigenvalue weighted by Gasteiger charge is -2.09. The zero-order valence-electron chi connectivity index (χ0n) is 13.9. The van der Waals surface area contributed by atoms with Gasteiger partial charge in [0.15, 0.2) is 23.3 Å². The van der Waals surface area contributed by atoms with E-state index in [0.29, 0.717) is 10.4 Å². The van der Waals surface area contributed by atoms with Gasteiger partial charge in [0.1, 0.15) is 11.4 Å². The minimum Gasteiger partial charge on any atom is -0.229 e. The van der Waals surface area contributed by atoms with Gasteiger partial charge in [0.2, 0.25) is 5.82 Å². The van der Waals surface area contributed by atoms with Gasteiger partial charge in [0.25, 0.3) is 0 Å². The van der Waals surface area contributed by atoms with E-state index in [1.165, 1.54) is 13.8 Å². The number of nitrogens with zero attached hydrogens (tertiary/aromatic N) is 4. The molecule has 0 bridgehead atoms. The van der Waals surface area contributed by atoms with Gasteiger partial charge in [0.05, 0.1) is 17.1 Å². The summed E-state index contributed by atoms with van der Waals surface area (Å²) < 4.78 is 69.8. The largest absolute Gasteiger partial charge is 0.229 e. The van der Waals surface area contributed by atoms with Gasteiger partial charge in [-0.05, 0) is 38.1 Å². The molecule has 10 heteroatoms. The summed E-state index contributed by atoms with van der Waals surface area (Å²) in [5.41, 5.74) is -0.242. The van der Waals surface area contributed by atoms with Crippen molar-refractivity contribution in [3.8, 4) is 5.69 Å². The molecule has 4 nitrogen and oxygen atoms in total. The zero-order valence-corrected chi connectivity index (χ0v) is 15.5. The fourth-order valence-corrected chi connectivity index (χ4v) is 2.66. The Balaban J connectivity index is 2.11. The standard InChI is InChI=1S/C17H10BrF5N4/c1-7-16(25-24-10-5-3-9(18)4-6-10)8(2)27(26-7)17-14(22)12(20)11(19)13(21)15(17)23/h3-6H,1-2H3. The van der Waals surface area contributed by atoms with Crippen LogP contribution < -0.4 is 0 Å². The van der Waals surface area contributed by atoms with Crippen LogP contribution in [0.2, 0.25) is 0 Å². The quantitative estimate of drug-likeness (QED) is 0.200. The van der Waals surface area contributed by atoms with Gasteiger partial charge in [0, 0.05) is 4.47 Å². The third-order valence-corrected chi connectivity index (χ3v) is 4.27. The van der Waals surface area contributed by atoms with Gasteiger partial charge in [-0.3, -0.25) is 0 Å². The van der Waals surface area contributed by atoms with Gasteiger partial charge in [-0.1, -0.05) is 15.9 Å². The molecule has 0 aliphatic rings. The molecule has 3 aromatic rings. The summed E-state index contributed by atoms with van der Waals surface area (Å²) in [6.07, 6.45) is 0. The first-order valence-electron chi connectivity index (χ1n) is 7.47. The highest BCUT2D eigenvalue weighted by Crippen LogP contribution is 2.32. The minimum atomic E-state index is -2.23. The van der Waals surface area contributed by atoms with Crippen LogP contribution in [-0.4, -0.2) is 9.78 Å². The van der Waals surface area contributed by atoms with Crippen LogP contribution >= 0.6 is 15.9 Å². The van der Waals surface area contributed by atoms with Gasteiger partial charge < -0.3 is 0 Å². The molecule has 1 aromatic heterocycles. The molecule has 3 rings (SSSR count). The lowest BCUT2D eigenvalue weighted by molar-refractivity contribution is 0.373. The Labute approximate surface area is 158 Å². The van der Waals surface area contributed by atoms with Crippen LogP contribution in [0.1, 0.15) is 11.4 Å². The number of aryl methyl sites for hydroxylation is 1. The van der Waals surface area contributed by atoms with Gasteiger partial charge >= 0.3 is 0 Å².